The zero-order chi connectivity index (χ0) is 25.1. The summed E-state index contributed by atoms with van der Waals surface area (Å²) in [5, 5.41) is 20.8. The summed E-state index contributed by atoms with van der Waals surface area (Å²) in [6.07, 6.45) is 1.14. The number of carbonyl (C=O) groups is 3. The fraction of sp³-hybridized carbons (Fsp3) is 0.500. The van der Waals surface area contributed by atoms with Gasteiger partial charge in [-0.05, 0) is 49.4 Å². The number of aliphatic hydroxyl groups is 2. The molecule has 2 N–H and O–H groups in total. The molecule has 0 aliphatic heterocycles. The Morgan fingerprint density at radius 2 is 1.53 bits per heavy atom. The third kappa shape index (κ3) is 7.27. The number of carbonyl (C=O) groups excluding carboxylic acids is 3. The molecule has 34 heavy (non-hydrogen) atoms. The van der Waals surface area contributed by atoms with Gasteiger partial charge in [-0.15, -0.1) is 0 Å². The third-order valence-electron chi connectivity index (χ3n) is 5.96. The molecule has 0 saturated heterocycles. The maximum absolute atomic E-state index is 12.4. The summed E-state index contributed by atoms with van der Waals surface area (Å²) in [4.78, 5) is 36.2. The molecular formula is C26H34O8. The second-order valence-corrected chi connectivity index (χ2v) is 8.45. The first kappa shape index (κ1) is 27.3. The van der Waals surface area contributed by atoms with E-state index in [1.54, 1.807) is 13.8 Å². The first-order valence-electron chi connectivity index (χ1n) is 11.5. The van der Waals surface area contributed by atoms with Gasteiger partial charge >= 0.3 is 17.9 Å². The molecule has 0 spiro atoms. The number of esters is 3. The van der Waals surface area contributed by atoms with Crippen LogP contribution in [0.25, 0.3) is 10.8 Å². The lowest BCUT2D eigenvalue weighted by atomic mass is 9.87. The van der Waals surface area contributed by atoms with Crippen molar-refractivity contribution in [1.82, 2.24) is 0 Å². The number of unbranched alkanes of at least 4 members (excludes halogenated alkanes) is 1. The van der Waals surface area contributed by atoms with Crippen LogP contribution in [-0.2, 0) is 28.6 Å². The van der Waals surface area contributed by atoms with Crippen molar-refractivity contribution in [2.24, 2.45) is 5.41 Å². The minimum Gasteiger partial charge on any atom is -0.465 e. The summed E-state index contributed by atoms with van der Waals surface area (Å²) >= 11 is 0. The summed E-state index contributed by atoms with van der Waals surface area (Å²) in [5.74, 6) is -2.35. The Labute approximate surface area is 199 Å². The van der Waals surface area contributed by atoms with Crippen LogP contribution in [0.1, 0.15) is 50.2 Å². The molecule has 2 aromatic rings. The van der Waals surface area contributed by atoms with Crippen LogP contribution < -0.4 is 0 Å². The van der Waals surface area contributed by atoms with E-state index in [0.717, 1.165) is 21.9 Å². The van der Waals surface area contributed by atoms with Crippen molar-refractivity contribution in [2.45, 2.75) is 46.0 Å². The van der Waals surface area contributed by atoms with Gasteiger partial charge < -0.3 is 24.4 Å². The van der Waals surface area contributed by atoms with Crippen LogP contribution in [0.4, 0.5) is 0 Å². The van der Waals surface area contributed by atoms with E-state index >= 15 is 0 Å². The lowest BCUT2D eigenvalue weighted by Crippen LogP contribution is -2.39. The topological polar surface area (TPSA) is 119 Å². The molecule has 2 aromatic carbocycles. The van der Waals surface area contributed by atoms with Crippen molar-refractivity contribution in [3.05, 3.63) is 47.5 Å². The van der Waals surface area contributed by atoms with E-state index in [9.17, 15) is 24.6 Å². The number of hydrogen-bond donors (Lipinski definition) is 2. The molecule has 0 aliphatic rings. The Kier molecular flexibility index (Phi) is 10.5. The molecule has 0 heterocycles. The normalized spacial score (nSPS) is 12.3. The summed E-state index contributed by atoms with van der Waals surface area (Å²) < 4.78 is 15.3. The summed E-state index contributed by atoms with van der Waals surface area (Å²) in [7, 11) is 0. The van der Waals surface area contributed by atoms with Crippen LogP contribution in [0.15, 0.2) is 36.4 Å². The Balaban J connectivity index is 1.67. The Morgan fingerprint density at radius 3 is 2.18 bits per heavy atom. The molecule has 1 unspecified atom stereocenters. The maximum atomic E-state index is 12.4. The monoisotopic (exact) mass is 474 g/mol. The number of rotatable bonds is 13. The fourth-order valence-corrected chi connectivity index (χ4v) is 3.34. The Hall–Kier alpha value is -2.97. The van der Waals surface area contributed by atoms with Crippen LogP contribution in [-0.4, -0.2) is 61.2 Å². The van der Waals surface area contributed by atoms with E-state index in [4.69, 9.17) is 14.2 Å². The van der Waals surface area contributed by atoms with Gasteiger partial charge in [0.25, 0.3) is 0 Å². The number of benzene rings is 2. The molecule has 0 bridgehead atoms. The summed E-state index contributed by atoms with van der Waals surface area (Å²) in [6.45, 7) is 4.14. The standard InChI is InChI=1S/C26H34O8/c1-4-26(16-27,17-28)25(31)33-12-6-5-11-32-23(29)15-34-24(30)19(3)20-9-10-21-13-18(2)7-8-22(21)14-20/h7-10,13-14,19,27-28H,4-6,11-12,15-17H2,1-3H3. The number of hydrogen-bond acceptors (Lipinski definition) is 8. The number of fused-ring (bicyclic) bond motifs is 1. The van der Waals surface area contributed by atoms with E-state index in [2.05, 4.69) is 6.07 Å². The quantitative estimate of drug-likeness (QED) is 0.258. The van der Waals surface area contributed by atoms with Gasteiger partial charge in [0.15, 0.2) is 6.61 Å². The van der Waals surface area contributed by atoms with Crippen molar-refractivity contribution in [2.75, 3.05) is 33.0 Å². The van der Waals surface area contributed by atoms with E-state index in [1.807, 2.05) is 37.3 Å². The van der Waals surface area contributed by atoms with Crippen LogP contribution in [0, 0.1) is 12.3 Å². The van der Waals surface area contributed by atoms with E-state index in [1.165, 1.54) is 0 Å². The molecule has 0 amide bonds. The highest BCUT2D eigenvalue weighted by atomic mass is 16.6. The van der Waals surface area contributed by atoms with Crippen LogP contribution >= 0.6 is 0 Å². The van der Waals surface area contributed by atoms with Crippen molar-refractivity contribution in [1.29, 1.82) is 0 Å². The van der Waals surface area contributed by atoms with Crippen molar-refractivity contribution in [3.63, 3.8) is 0 Å². The minimum atomic E-state index is -1.29. The number of aryl methyl sites for hydroxylation is 1. The molecule has 0 aromatic heterocycles. The molecule has 0 aliphatic carbocycles. The van der Waals surface area contributed by atoms with Gasteiger partial charge in [-0.1, -0.05) is 48.9 Å². The second kappa shape index (κ2) is 13.1. The maximum Gasteiger partial charge on any atom is 0.344 e. The zero-order valence-electron chi connectivity index (χ0n) is 20.0. The number of aliphatic hydroxyl groups excluding tert-OH is 2. The molecule has 0 fully saturated rings. The molecule has 1 atom stereocenters. The van der Waals surface area contributed by atoms with Gasteiger partial charge in [0.1, 0.15) is 5.41 Å². The Morgan fingerprint density at radius 1 is 0.912 bits per heavy atom. The predicted molar refractivity (Wildman–Crippen MR) is 126 cm³/mol. The Bertz CT molecular complexity index is 972. The van der Waals surface area contributed by atoms with Gasteiger partial charge in [-0.3, -0.25) is 9.59 Å². The van der Waals surface area contributed by atoms with Gasteiger partial charge in [0, 0.05) is 0 Å². The average Bonchev–Trinajstić information content (AvgIpc) is 2.85. The molecule has 0 radical (unpaired) electrons. The molecule has 8 nitrogen and oxygen atoms in total. The molecule has 186 valence electrons. The van der Waals surface area contributed by atoms with Crippen LogP contribution in [0.3, 0.4) is 0 Å². The summed E-state index contributed by atoms with van der Waals surface area (Å²) in [6, 6.07) is 11.9. The highest BCUT2D eigenvalue weighted by Crippen LogP contribution is 2.24. The first-order chi connectivity index (χ1) is 16.3. The lowest BCUT2D eigenvalue weighted by molar-refractivity contribution is -0.162. The van der Waals surface area contributed by atoms with Crippen molar-refractivity contribution >= 4 is 28.7 Å². The molecule has 8 heteroatoms. The largest absolute Gasteiger partial charge is 0.465 e. The van der Waals surface area contributed by atoms with Crippen molar-refractivity contribution in [3.8, 4) is 0 Å². The SMILES string of the molecule is CCC(CO)(CO)C(=O)OCCCCOC(=O)COC(=O)C(C)c1ccc2cc(C)ccc2c1. The van der Waals surface area contributed by atoms with Crippen LogP contribution in [0.2, 0.25) is 0 Å². The minimum absolute atomic E-state index is 0.0793. The molecule has 0 saturated carbocycles. The number of ether oxygens (including phenoxy) is 3. The van der Waals surface area contributed by atoms with E-state index < -0.39 is 49.1 Å². The molecular weight excluding hydrogens is 440 g/mol. The third-order valence-corrected chi connectivity index (χ3v) is 5.96. The summed E-state index contributed by atoms with van der Waals surface area (Å²) in [5.41, 5.74) is 0.673. The fourth-order valence-electron chi connectivity index (χ4n) is 3.34. The van der Waals surface area contributed by atoms with Gasteiger partial charge in [-0.25, -0.2) is 4.79 Å². The van der Waals surface area contributed by atoms with Crippen molar-refractivity contribution < 1.29 is 38.8 Å². The van der Waals surface area contributed by atoms with Gasteiger partial charge in [0.05, 0.1) is 32.3 Å². The van der Waals surface area contributed by atoms with E-state index in [0.29, 0.717) is 12.8 Å². The average molecular weight is 475 g/mol. The van der Waals surface area contributed by atoms with E-state index in [-0.39, 0.29) is 19.6 Å². The first-order valence-corrected chi connectivity index (χ1v) is 11.5. The van der Waals surface area contributed by atoms with Gasteiger partial charge in [-0.2, -0.15) is 0 Å². The smallest absolute Gasteiger partial charge is 0.344 e. The molecule has 2 rings (SSSR count). The van der Waals surface area contributed by atoms with Gasteiger partial charge in [0.2, 0.25) is 0 Å². The highest BCUT2D eigenvalue weighted by molar-refractivity contribution is 5.86. The van der Waals surface area contributed by atoms with Crippen LogP contribution in [0.5, 0.6) is 0 Å². The zero-order valence-corrected chi connectivity index (χ0v) is 20.0. The predicted octanol–water partition coefficient (Wildman–Crippen LogP) is 3.04. The second-order valence-electron chi connectivity index (χ2n) is 8.45. The lowest BCUT2D eigenvalue weighted by Gasteiger charge is -2.25. The highest BCUT2D eigenvalue weighted by Gasteiger charge is 2.37.